The highest BCUT2D eigenvalue weighted by Gasteiger charge is 2.26. The number of carbonyl (C=O) groups excluding carboxylic acids is 1. The van der Waals surface area contributed by atoms with Gasteiger partial charge in [-0.05, 0) is 24.5 Å². The Morgan fingerprint density at radius 3 is 3.08 bits per heavy atom. The third-order valence-electron chi connectivity index (χ3n) is 4.62. The summed E-state index contributed by atoms with van der Waals surface area (Å²) in [6.07, 6.45) is 9.71. The molecule has 134 valence electrons. The fraction of sp³-hybridized carbons (Fsp3) is 0.333. The molecule has 0 aromatic carbocycles. The highest BCUT2D eigenvalue weighted by molar-refractivity contribution is 7.13. The maximum absolute atomic E-state index is 11.3. The summed E-state index contributed by atoms with van der Waals surface area (Å²) in [5.74, 6) is 0.939. The number of nitrogens with zero attached hydrogens (tertiary/aromatic N) is 5. The summed E-state index contributed by atoms with van der Waals surface area (Å²) < 4.78 is 2.20. The Kier molecular flexibility index (Phi) is 4.66. The van der Waals surface area contributed by atoms with E-state index in [1.165, 1.54) is 11.3 Å². The van der Waals surface area contributed by atoms with Crippen LogP contribution in [0.25, 0.3) is 0 Å². The second-order valence-corrected chi connectivity index (χ2v) is 7.28. The third-order valence-corrected chi connectivity index (χ3v) is 5.53. The summed E-state index contributed by atoms with van der Waals surface area (Å²) >= 11 is 1.47. The summed E-state index contributed by atoms with van der Waals surface area (Å²) in [5, 5.41) is 2.58. The van der Waals surface area contributed by atoms with Crippen molar-refractivity contribution in [3.8, 4) is 0 Å². The average Bonchev–Trinajstić information content (AvgIpc) is 3.32. The summed E-state index contributed by atoms with van der Waals surface area (Å²) in [6, 6.07) is 4.03. The maximum Gasteiger partial charge on any atom is 0.268 e. The lowest BCUT2D eigenvalue weighted by atomic mass is 9.97. The van der Waals surface area contributed by atoms with Gasteiger partial charge in [-0.25, -0.2) is 9.97 Å². The van der Waals surface area contributed by atoms with Gasteiger partial charge in [0.1, 0.15) is 11.5 Å². The van der Waals surface area contributed by atoms with Crippen molar-refractivity contribution in [1.29, 1.82) is 0 Å². The molecule has 0 aliphatic carbocycles. The molecule has 0 radical (unpaired) electrons. The van der Waals surface area contributed by atoms with Gasteiger partial charge in [-0.2, -0.15) is 0 Å². The van der Waals surface area contributed by atoms with E-state index in [2.05, 4.69) is 30.5 Å². The zero-order valence-corrected chi connectivity index (χ0v) is 15.1. The lowest BCUT2D eigenvalue weighted by Gasteiger charge is -2.32. The number of pyridine rings is 1. The number of anilines is 1. The molecule has 1 atom stereocenters. The zero-order chi connectivity index (χ0) is 17.9. The Morgan fingerprint density at radius 2 is 2.31 bits per heavy atom. The minimum absolute atomic E-state index is 0.330. The standard InChI is InChI=1S/C18H20N6OS/c19-16(25)15-12-26-18(22-15)24-7-2-4-14(11-24)17-21-6-8-23(17)10-13-3-1-5-20-9-13/h1,3,5-6,8-9,12,14H,2,4,7,10-11H2,(H2,19,25)/t14-/m0/s1. The van der Waals surface area contributed by atoms with Crippen LogP contribution in [0.15, 0.2) is 42.3 Å². The first-order chi connectivity index (χ1) is 12.7. The van der Waals surface area contributed by atoms with E-state index in [4.69, 9.17) is 5.73 Å². The molecule has 3 aromatic heterocycles. The minimum atomic E-state index is -0.479. The van der Waals surface area contributed by atoms with E-state index in [0.717, 1.165) is 49.0 Å². The second kappa shape index (κ2) is 7.25. The smallest absolute Gasteiger partial charge is 0.268 e. The van der Waals surface area contributed by atoms with E-state index in [1.54, 1.807) is 11.6 Å². The number of amides is 1. The van der Waals surface area contributed by atoms with Gasteiger partial charge >= 0.3 is 0 Å². The quantitative estimate of drug-likeness (QED) is 0.746. The fourth-order valence-corrected chi connectivity index (χ4v) is 4.24. The van der Waals surface area contributed by atoms with Crippen LogP contribution < -0.4 is 10.6 Å². The van der Waals surface area contributed by atoms with Crippen LogP contribution in [0.1, 0.15) is 40.6 Å². The van der Waals surface area contributed by atoms with Crippen LogP contribution in [0.2, 0.25) is 0 Å². The normalized spacial score (nSPS) is 17.4. The number of primary amides is 1. The lowest BCUT2D eigenvalue weighted by Crippen LogP contribution is -2.35. The number of imidazole rings is 1. The Bertz CT molecular complexity index is 890. The molecule has 0 bridgehead atoms. The van der Waals surface area contributed by atoms with Crippen LogP contribution in [-0.2, 0) is 6.54 Å². The number of carbonyl (C=O) groups is 1. The van der Waals surface area contributed by atoms with Gasteiger partial charge in [0.05, 0.1) is 6.54 Å². The zero-order valence-electron chi connectivity index (χ0n) is 14.3. The van der Waals surface area contributed by atoms with Gasteiger partial charge in [-0.1, -0.05) is 6.07 Å². The molecule has 0 spiro atoms. The van der Waals surface area contributed by atoms with Crippen LogP contribution in [0.3, 0.4) is 0 Å². The van der Waals surface area contributed by atoms with E-state index >= 15 is 0 Å². The molecule has 0 unspecified atom stereocenters. The van der Waals surface area contributed by atoms with E-state index in [9.17, 15) is 4.79 Å². The Morgan fingerprint density at radius 1 is 1.38 bits per heavy atom. The number of nitrogens with two attached hydrogens (primary N) is 1. The first-order valence-electron chi connectivity index (χ1n) is 8.61. The molecule has 4 heterocycles. The number of hydrogen-bond donors (Lipinski definition) is 1. The molecule has 1 saturated heterocycles. The Hall–Kier alpha value is -2.74. The molecular formula is C18H20N6OS. The van der Waals surface area contributed by atoms with E-state index in [1.807, 2.05) is 24.7 Å². The molecular weight excluding hydrogens is 348 g/mol. The van der Waals surface area contributed by atoms with Gasteiger partial charge in [0.15, 0.2) is 5.13 Å². The summed E-state index contributed by atoms with van der Waals surface area (Å²) in [4.78, 5) is 26.7. The fourth-order valence-electron chi connectivity index (χ4n) is 3.39. The first-order valence-corrected chi connectivity index (χ1v) is 9.49. The predicted molar refractivity (Wildman–Crippen MR) is 100 cm³/mol. The van der Waals surface area contributed by atoms with Crippen molar-refractivity contribution in [2.75, 3.05) is 18.0 Å². The predicted octanol–water partition coefficient (Wildman–Crippen LogP) is 2.27. The minimum Gasteiger partial charge on any atom is -0.364 e. The van der Waals surface area contributed by atoms with Crippen molar-refractivity contribution >= 4 is 22.4 Å². The highest BCUT2D eigenvalue weighted by Crippen LogP contribution is 2.31. The van der Waals surface area contributed by atoms with E-state index in [-0.39, 0.29) is 0 Å². The van der Waals surface area contributed by atoms with Crippen molar-refractivity contribution in [3.63, 3.8) is 0 Å². The average molecular weight is 368 g/mol. The number of aromatic nitrogens is 4. The summed E-state index contributed by atoms with van der Waals surface area (Å²) in [7, 11) is 0. The molecule has 7 nitrogen and oxygen atoms in total. The van der Waals surface area contributed by atoms with Crippen LogP contribution in [0.5, 0.6) is 0 Å². The van der Waals surface area contributed by atoms with Crippen molar-refractivity contribution in [2.24, 2.45) is 5.73 Å². The highest BCUT2D eigenvalue weighted by atomic mass is 32.1. The van der Waals surface area contributed by atoms with Gasteiger partial charge in [0.25, 0.3) is 5.91 Å². The monoisotopic (exact) mass is 368 g/mol. The Labute approximate surface area is 155 Å². The Balaban J connectivity index is 1.51. The van der Waals surface area contributed by atoms with Crippen LogP contribution >= 0.6 is 11.3 Å². The first kappa shape index (κ1) is 16.7. The van der Waals surface area contributed by atoms with Crippen LogP contribution in [0, 0.1) is 0 Å². The molecule has 8 heteroatoms. The summed E-state index contributed by atoms with van der Waals surface area (Å²) in [5.41, 5.74) is 6.82. The number of thiazole rings is 1. The van der Waals surface area contributed by atoms with Crippen molar-refractivity contribution in [1.82, 2.24) is 19.5 Å². The van der Waals surface area contributed by atoms with E-state index in [0.29, 0.717) is 11.6 Å². The van der Waals surface area contributed by atoms with Crippen LogP contribution in [-0.4, -0.2) is 38.5 Å². The SMILES string of the molecule is NC(=O)c1csc(N2CCC[C@H](c3nccn3Cc3cccnc3)C2)n1. The third kappa shape index (κ3) is 3.45. The largest absolute Gasteiger partial charge is 0.364 e. The van der Waals surface area contributed by atoms with Crippen molar-refractivity contribution < 1.29 is 4.79 Å². The second-order valence-electron chi connectivity index (χ2n) is 6.44. The molecule has 1 amide bonds. The molecule has 0 saturated carbocycles. The summed E-state index contributed by atoms with van der Waals surface area (Å²) in [6.45, 7) is 2.55. The van der Waals surface area contributed by atoms with Gasteiger partial charge in [0.2, 0.25) is 0 Å². The lowest BCUT2D eigenvalue weighted by molar-refractivity contribution is 0.0996. The molecule has 4 rings (SSSR count). The molecule has 26 heavy (non-hydrogen) atoms. The number of hydrogen-bond acceptors (Lipinski definition) is 6. The topological polar surface area (TPSA) is 89.9 Å². The maximum atomic E-state index is 11.3. The van der Waals surface area contributed by atoms with Gasteiger partial charge in [-0.15, -0.1) is 11.3 Å². The van der Waals surface area contributed by atoms with Crippen molar-refractivity contribution in [3.05, 3.63) is 59.4 Å². The van der Waals surface area contributed by atoms with E-state index < -0.39 is 5.91 Å². The van der Waals surface area contributed by atoms with Gasteiger partial charge in [-0.3, -0.25) is 9.78 Å². The number of piperidine rings is 1. The van der Waals surface area contributed by atoms with Crippen LogP contribution in [0.4, 0.5) is 5.13 Å². The molecule has 2 N–H and O–H groups in total. The molecule has 1 aliphatic rings. The van der Waals surface area contributed by atoms with Crippen molar-refractivity contribution in [2.45, 2.75) is 25.3 Å². The molecule has 3 aromatic rings. The van der Waals surface area contributed by atoms with Gasteiger partial charge in [0, 0.05) is 49.2 Å². The molecule has 1 aliphatic heterocycles. The molecule has 1 fully saturated rings. The van der Waals surface area contributed by atoms with Gasteiger partial charge < -0.3 is 15.2 Å². The number of rotatable bonds is 5.